The first-order chi connectivity index (χ1) is 14.7. The van der Waals surface area contributed by atoms with Gasteiger partial charge in [0.15, 0.2) is 18.1 Å². The van der Waals surface area contributed by atoms with E-state index in [2.05, 4.69) is 5.32 Å². The molecule has 2 aromatic rings. The number of carbonyl (C=O) groups is 1. The van der Waals surface area contributed by atoms with Crippen LogP contribution in [-0.2, 0) is 21.4 Å². The van der Waals surface area contributed by atoms with Crippen molar-refractivity contribution in [2.75, 3.05) is 26.8 Å². The fourth-order valence-electron chi connectivity index (χ4n) is 3.12. The van der Waals surface area contributed by atoms with Gasteiger partial charge in [-0.3, -0.25) is 4.79 Å². The van der Waals surface area contributed by atoms with Gasteiger partial charge < -0.3 is 20.5 Å². The van der Waals surface area contributed by atoms with E-state index in [1.165, 1.54) is 11.4 Å². The average Bonchev–Trinajstić information content (AvgIpc) is 2.76. The molecule has 9 heteroatoms. The van der Waals surface area contributed by atoms with Gasteiger partial charge in [0.2, 0.25) is 10.0 Å². The molecule has 1 atom stereocenters. The van der Waals surface area contributed by atoms with E-state index in [1.54, 1.807) is 18.2 Å². The van der Waals surface area contributed by atoms with Gasteiger partial charge in [0.05, 0.1) is 12.0 Å². The fraction of sp³-hybridized carbons (Fsp3) is 0.409. The van der Waals surface area contributed by atoms with Crippen LogP contribution >= 0.6 is 0 Å². The summed E-state index contributed by atoms with van der Waals surface area (Å²) in [6, 6.07) is 12.4. The molecule has 3 N–H and O–H groups in total. The summed E-state index contributed by atoms with van der Waals surface area (Å²) >= 11 is 0. The summed E-state index contributed by atoms with van der Waals surface area (Å²) in [4.78, 5) is 11.2. The molecule has 1 amide bonds. The third kappa shape index (κ3) is 6.43. The number of benzene rings is 2. The lowest BCUT2D eigenvalue weighted by atomic mass is 10.1. The van der Waals surface area contributed by atoms with Crippen molar-refractivity contribution in [2.24, 2.45) is 5.73 Å². The van der Waals surface area contributed by atoms with Crippen LogP contribution in [-0.4, -0.2) is 45.4 Å². The molecule has 31 heavy (non-hydrogen) atoms. The summed E-state index contributed by atoms with van der Waals surface area (Å²) in [7, 11) is -1.93. The fourth-order valence-corrected chi connectivity index (χ4v) is 4.58. The van der Waals surface area contributed by atoms with Crippen molar-refractivity contribution in [3.63, 3.8) is 0 Å². The SMILES string of the molecule is CCN(CC)S(=O)(=O)c1ccc(C(C)NCc2ccc(OCC(N)=O)c(OC)c2)cc1. The summed E-state index contributed by atoms with van der Waals surface area (Å²) in [6.07, 6.45) is 0. The predicted molar refractivity (Wildman–Crippen MR) is 119 cm³/mol. The second kappa shape index (κ2) is 11.1. The number of nitrogens with zero attached hydrogens (tertiary/aromatic N) is 1. The Morgan fingerprint density at radius 3 is 2.29 bits per heavy atom. The number of carbonyl (C=O) groups excluding carboxylic acids is 1. The standard InChI is InChI=1S/C22H31N3O5S/c1-5-25(6-2)31(27,28)19-10-8-18(9-11-19)16(3)24-14-17-7-12-20(21(13-17)29-4)30-15-22(23)26/h7-13,16,24H,5-6,14-15H2,1-4H3,(H2,23,26). The summed E-state index contributed by atoms with van der Waals surface area (Å²) < 4.78 is 37.3. The summed E-state index contributed by atoms with van der Waals surface area (Å²) in [5.41, 5.74) is 7.06. The highest BCUT2D eigenvalue weighted by atomic mass is 32.2. The first-order valence-electron chi connectivity index (χ1n) is 10.1. The van der Waals surface area contributed by atoms with Crippen LogP contribution in [0.3, 0.4) is 0 Å². The molecule has 8 nitrogen and oxygen atoms in total. The molecule has 0 saturated carbocycles. The Balaban J connectivity index is 2.04. The maximum absolute atomic E-state index is 12.6. The van der Waals surface area contributed by atoms with Crippen molar-refractivity contribution in [3.8, 4) is 11.5 Å². The molecule has 0 heterocycles. The highest BCUT2D eigenvalue weighted by molar-refractivity contribution is 7.89. The maximum Gasteiger partial charge on any atom is 0.255 e. The molecule has 0 radical (unpaired) electrons. The quantitative estimate of drug-likeness (QED) is 0.515. The molecule has 0 spiro atoms. The molecule has 0 aliphatic rings. The first-order valence-corrected chi connectivity index (χ1v) is 11.6. The van der Waals surface area contributed by atoms with Crippen LogP contribution in [0.2, 0.25) is 0 Å². The van der Waals surface area contributed by atoms with Gasteiger partial charge in [-0.15, -0.1) is 0 Å². The highest BCUT2D eigenvalue weighted by Gasteiger charge is 2.21. The highest BCUT2D eigenvalue weighted by Crippen LogP contribution is 2.28. The molecule has 0 aliphatic heterocycles. The number of nitrogens with one attached hydrogen (secondary N) is 1. The lowest BCUT2D eigenvalue weighted by molar-refractivity contribution is -0.119. The molecule has 0 aliphatic carbocycles. The van der Waals surface area contributed by atoms with E-state index in [4.69, 9.17) is 15.2 Å². The second-order valence-corrected chi connectivity index (χ2v) is 8.94. The van der Waals surface area contributed by atoms with E-state index in [-0.39, 0.29) is 12.6 Å². The number of amides is 1. The summed E-state index contributed by atoms with van der Waals surface area (Å²) in [5, 5.41) is 3.41. The molecule has 0 bridgehead atoms. The Hall–Kier alpha value is -2.62. The molecule has 0 saturated heterocycles. The van der Waals surface area contributed by atoms with Gasteiger partial charge in [-0.1, -0.05) is 32.0 Å². The second-order valence-electron chi connectivity index (χ2n) is 7.00. The smallest absolute Gasteiger partial charge is 0.255 e. The van der Waals surface area contributed by atoms with Crippen molar-refractivity contribution < 1.29 is 22.7 Å². The van der Waals surface area contributed by atoms with Crippen LogP contribution in [0.1, 0.15) is 37.9 Å². The molecule has 2 aromatic carbocycles. The number of primary amides is 1. The molecule has 170 valence electrons. The van der Waals surface area contributed by atoms with Crippen molar-refractivity contribution in [1.29, 1.82) is 0 Å². The number of methoxy groups -OCH3 is 1. The Kier molecular flexibility index (Phi) is 8.85. The summed E-state index contributed by atoms with van der Waals surface area (Å²) in [6.45, 7) is 6.88. The van der Waals surface area contributed by atoms with Gasteiger partial charge in [0.1, 0.15) is 0 Å². The molecule has 2 rings (SSSR count). The van der Waals surface area contributed by atoms with E-state index < -0.39 is 15.9 Å². The number of sulfonamides is 1. The molecule has 0 fully saturated rings. The van der Waals surface area contributed by atoms with Gasteiger partial charge >= 0.3 is 0 Å². The van der Waals surface area contributed by atoms with Gasteiger partial charge in [-0.2, -0.15) is 4.31 Å². The van der Waals surface area contributed by atoms with Gasteiger partial charge in [0, 0.05) is 25.7 Å². The minimum absolute atomic E-state index is 0.00184. The van der Waals surface area contributed by atoms with Crippen LogP contribution in [0, 0.1) is 0 Å². The van der Waals surface area contributed by atoms with Gasteiger partial charge in [0.25, 0.3) is 5.91 Å². The number of hydrogen-bond acceptors (Lipinski definition) is 6. The molecular weight excluding hydrogens is 418 g/mol. The monoisotopic (exact) mass is 449 g/mol. The lowest BCUT2D eigenvalue weighted by Gasteiger charge is -2.19. The third-order valence-corrected chi connectivity index (χ3v) is 7.00. The van der Waals surface area contributed by atoms with Gasteiger partial charge in [-0.25, -0.2) is 8.42 Å². The van der Waals surface area contributed by atoms with E-state index in [9.17, 15) is 13.2 Å². The van der Waals surface area contributed by atoms with Crippen LogP contribution in [0.25, 0.3) is 0 Å². The minimum atomic E-state index is -3.46. The van der Waals surface area contributed by atoms with E-state index >= 15 is 0 Å². The van der Waals surface area contributed by atoms with Crippen LogP contribution in [0.4, 0.5) is 0 Å². The lowest BCUT2D eigenvalue weighted by Crippen LogP contribution is -2.30. The first kappa shape index (κ1) is 24.6. The van der Waals surface area contributed by atoms with E-state index in [0.29, 0.717) is 36.0 Å². The normalized spacial score (nSPS) is 12.5. The van der Waals surface area contributed by atoms with Crippen molar-refractivity contribution in [1.82, 2.24) is 9.62 Å². The number of ether oxygens (including phenoxy) is 2. The van der Waals surface area contributed by atoms with Crippen molar-refractivity contribution in [2.45, 2.75) is 38.3 Å². The Labute approximate surface area is 184 Å². The summed E-state index contributed by atoms with van der Waals surface area (Å²) in [5.74, 6) is 0.403. The van der Waals surface area contributed by atoms with Crippen LogP contribution < -0.4 is 20.5 Å². The number of nitrogens with two attached hydrogens (primary N) is 1. The van der Waals surface area contributed by atoms with E-state index in [1.807, 2.05) is 45.0 Å². The maximum atomic E-state index is 12.6. The molecular formula is C22H31N3O5S. The van der Waals surface area contributed by atoms with Crippen LogP contribution in [0.5, 0.6) is 11.5 Å². The van der Waals surface area contributed by atoms with Crippen molar-refractivity contribution >= 4 is 15.9 Å². The van der Waals surface area contributed by atoms with Crippen LogP contribution in [0.15, 0.2) is 47.4 Å². The topological polar surface area (TPSA) is 111 Å². The zero-order valence-corrected chi connectivity index (χ0v) is 19.2. The largest absolute Gasteiger partial charge is 0.493 e. The zero-order valence-electron chi connectivity index (χ0n) is 18.4. The predicted octanol–water partition coefficient (Wildman–Crippen LogP) is 2.44. The third-order valence-electron chi connectivity index (χ3n) is 4.93. The van der Waals surface area contributed by atoms with Gasteiger partial charge in [-0.05, 0) is 42.3 Å². The molecule has 0 aromatic heterocycles. The van der Waals surface area contributed by atoms with Crippen molar-refractivity contribution in [3.05, 3.63) is 53.6 Å². The Morgan fingerprint density at radius 2 is 1.74 bits per heavy atom. The Morgan fingerprint density at radius 1 is 1.10 bits per heavy atom. The number of hydrogen-bond donors (Lipinski definition) is 2. The minimum Gasteiger partial charge on any atom is -0.493 e. The molecule has 1 unspecified atom stereocenters. The zero-order chi connectivity index (χ0) is 23.0. The number of rotatable bonds is 12. The Bertz CT molecular complexity index is 973. The van der Waals surface area contributed by atoms with E-state index in [0.717, 1.165) is 11.1 Å². The average molecular weight is 450 g/mol.